The van der Waals surface area contributed by atoms with Gasteiger partial charge in [0.15, 0.2) is 11.3 Å². The maximum atomic E-state index is 11.5. The van der Waals surface area contributed by atoms with Gasteiger partial charge in [-0.2, -0.15) is 0 Å². The van der Waals surface area contributed by atoms with Crippen molar-refractivity contribution < 1.29 is 9.90 Å². The van der Waals surface area contributed by atoms with Crippen molar-refractivity contribution in [2.24, 2.45) is 0 Å². The molecule has 1 aromatic heterocycles. The molecule has 0 aliphatic carbocycles. The number of carbonyl (C=O) groups is 1. The highest BCUT2D eigenvalue weighted by molar-refractivity contribution is 9.10. The fourth-order valence-electron chi connectivity index (χ4n) is 2.03. The number of anilines is 1. The van der Waals surface area contributed by atoms with E-state index < -0.39 is 12.0 Å². The first-order chi connectivity index (χ1) is 9.94. The molecule has 108 valence electrons. The average molecular weight is 368 g/mol. The van der Waals surface area contributed by atoms with Crippen molar-refractivity contribution in [2.45, 2.75) is 23.1 Å². The van der Waals surface area contributed by atoms with Gasteiger partial charge < -0.3 is 15.4 Å². The maximum absolute atomic E-state index is 11.5. The lowest BCUT2D eigenvalue weighted by atomic mass is 10.1. The molecule has 1 aliphatic heterocycles. The molecule has 1 atom stereocenters. The van der Waals surface area contributed by atoms with Crippen LogP contribution in [0.25, 0.3) is 0 Å². The standard InChI is InChI=1S/C13H10BrN3O3S/c1-5-2-10(18)17-13(15-5)21-9-4-8-6(3-7(9)14)11(19)12(20)16-8/h2-4,11,19H,1H3,(H,16,20)(H,15,17,18). The van der Waals surface area contributed by atoms with E-state index in [1.807, 2.05) is 0 Å². The van der Waals surface area contributed by atoms with E-state index in [0.29, 0.717) is 26.6 Å². The second-order valence-electron chi connectivity index (χ2n) is 4.56. The molecule has 1 aliphatic rings. The summed E-state index contributed by atoms with van der Waals surface area (Å²) in [4.78, 5) is 30.6. The summed E-state index contributed by atoms with van der Waals surface area (Å²) in [7, 11) is 0. The molecule has 21 heavy (non-hydrogen) atoms. The van der Waals surface area contributed by atoms with Gasteiger partial charge in [-0.3, -0.25) is 9.59 Å². The molecule has 0 fully saturated rings. The molecule has 3 N–H and O–H groups in total. The number of carbonyl (C=O) groups excluding carboxylic acids is 1. The Hall–Kier alpha value is -1.64. The molecule has 0 spiro atoms. The van der Waals surface area contributed by atoms with E-state index in [-0.39, 0.29) is 5.56 Å². The second kappa shape index (κ2) is 5.28. The molecular weight excluding hydrogens is 358 g/mol. The molecule has 2 aromatic rings. The van der Waals surface area contributed by atoms with Crippen LogP contribution in [-0.2, 0) is 4.79 Å². The van der Waals surface area contributed by atoms with Gasteiger partial charge in [0.2, 0.25) is 0 Å². The summed E-state index contributed by atoms with van der Waals surface area (Å²) in [5, 5.41) is 12.8. The lowest BCUT2D eigenvalue weighted by Crippen LogP contribution is -2.10. The van der Waals surface area contributed by atoms with Gasteiger partial charge >= 0.3 is 0 Å². The third kappa shape index (κ3) is 2.74. The number of aryl methyl sites for hydroxylation is 1. The van der Waals surface area contributed by atoms with E-state index in [1.165, 1.54) is 17.8 Å². The number of benzene rings is 1. The highest BCUT2D eigenvalue weighted by atomic mass is 79.9. The van der Waals surface area contributed by atoms with Gasteiger partial charge in [-0.1, -0.05) is 11.8 Å². The molecule has 1 amide bonds. The largest absolute Gasteiger partial charge is 0.378 e. The molecule has 0 bridgehead atoms. The van der Waals surface area contributed by atoms with Crippen molar-refractivity contribution in [3.05, 3.63) is 44.3 Å². The van der Waals surface area contributed by atoms with E-state index >= 15 is 0 Å². The van der Waals surface area contributed by atoms with Crippen LogP contribution in [0.2, 0.25) is 0 Å². The molecule has 3 rings (SSSR count). The highest BCUT2D eigenvalue weighted by Crippen LogP contribution is 2.40. The fourth-order valence-corrected chi connectivity index (χ4v) is 3.51. The molecule has 6 nitrogen and oxygen atoms in total. The summed E-state index contributed by atoms with van der Waals surface area (Å²) in [6.45, 7) is 1.74. The minimum Gasteiger partial charge on any atom is -0.378 e. The number of aromatic nitrogens is 2. The Labute approximate surface area is 132 Å². The van der Waals surface area contributed by atoms with Crippen LogP contribution in [0, 0.1) is 6.92 Å². The fraction of sp³-hybridized carbons (Fsp3) is 0.154. The Bertz CT molecular complexity index is 806. The Balaban J connectivity index is 1.99. The number of aromatic amines is 1. The molecule has 2 heterocycles. The Morgan fingerprint density at radius 3 is 2.81 bits per heavy atom. The van der Waals surface area contributed by atoms with Crippen molar-refractivity contribution in [3.63, 3.8) is 0 Å². The summed E-state index contributed by atoms with van der Waals surface area (Å²) in [5.74, 6) is -0.443. The number of H-pyrrole nitrogens is 1. The van der Waals surface area contributed by atoms with E-state index in [9.17, 15) is 14.7 Å². The first-order valence-corrected chi connectivity index (χ1v) is 7.63. The summed E-state index contributed by atoms with van der Waals surface area (Å²) >= 11 is 4.67. The van der Waals surface area contributed by atoms with Crippen LogP contribution in [0.5, 0.6) is 0 Å². The van der Waals surface area contributed by atoms with E-state index in [2.05, 4.69) is 31.2 Å². The number of hydrogen-bond acceptors (Lipinski definition) is 5. The number of rotatable bonds is 2. The first kappa shape index (κ1) is 14.3. The quantitative estimate of drug-likeness (QED) is 0.705. The number of hydrogen-bond donors (Lipinski definition) is 3. The highest BCUT2D eigenvalue weighted by Gasteiger charge is 2.29. The predicted octanol–water partition coefficient (Wildman–Crippen LogP) is 1.98. The molecule has 8 heteroatoms. The van der Waals surface area contributed by atoms with Crippen LogP contribution >= 0.6 is 27.7 Å². The van der Waals surface area contributed by atoms with Crippen LogP contribution in [0.15, 0.2) is 37.5 Å². The molecule has 1 unspecified atom stereocenters. The molecule has 0 saturated carbocycles. The van der Waals surface area contributed by atoms with E-state index in [0.717, 1.165) is 4.90 Å². The monoisotopic (exact) mass is 367 g/mol. The molecule has 0 radical (unpaired) electrons. The second-order valence-corrected chi connectivity index (χ2v) is 6.44. The number of nitrogens with zero attached hydrogens (tertiary/aromatic N) is 1. The van der Waals surface area contributed by atoms with Crippen LogP contribution in [0.1, 0.15) is 17.4 Å². The third-order valence-corrected chi connectivity index (χ3v) is 4.82. The topological polar surface area (TPSA) is 95.1 Å². The first-order valence-electron chi connectivity index (χ1n) is 6.02. The Morgan fingerprint density at radius 1 is 1.33 bits per heavy atom. The number of fused-ring (bicyclic) bond motifs is 1. The lowest BCUT2D eigenvalue weighted by molar-refractivity contribution is -0.123. The molecule has 1 aromatic carbocycles. The van der Waals surface area contributed by atoms with E-state index in [1.54, 1.807) is 19.1 Å². The number of halogens is 1. The average Bonchev–Trinajstić information content (AvgIpc) is 2.65. The summed E-state index contributed by atoms with van der Waals surface area (Å²) in [5.41, 5.74) is 1.50. The van der Waals surface area contributed by atoms with Crippen molar-refractivity contribution in [2.75, 3.05) is 5.32 Å². The van der Waals surface area contributed by atoms with Crippen molar-refractivity contribution in [3.8, 4) is 0 Å². The summed E-state index contributed by atoms with van der Waals surface area (Å²) < 4.78 is 0.714. The molecule has 0 saturated heterocycles. The van der Waals surface area contributed by atoms with Gasteiger partial charge in [0.05, 0.1) is 0 Å². The van der Waals surface area contributed by atoms with Crippen molar-refractivity contribution >= 4 is 39.3 Å². The van der Waals surface area contributed by atoms with Gasteiger partial charge in [-0.15, -0.1) is 0 Å². The van der Waals surface area contributed by atoms with Gasteiger partial charge in [0.1, 0.15) is 0 Å². The van der Waals surface area contributed by atoms with Gasteiger partial charge in [0.25, 0.3) is 11.5 Å². The number of nitrogens with one attached hydrogen (secondary N) is 2. The van der Waals surface area contributed by atoms with E-state index in [4.69, 9.17) is 0 Å². The third-order valence-electron chi connectivity index (χ3n) is 2.96. The van der Waals surface area contributed by atoms with Crippen LogP contribution in [0.4, 0.5) is 5.69 Å². The number of aliphatic hydroxyl groups excluding tert-OH is 1. The smallest absolute Gasteiger partial charge is 0.257 e. The summed E-state index contributed by atoms with van der Waals surface area (Å²) in [6.07, 6.45) is -1.15. The summed E-state index contributed by atoms with van der Waals surface area (Å²) in [6, 6.07) is 4.84. The van der Waals surface area contributed by atoms with Crippen LogP contribution in [-0.4, -0.2) is 21.0 Å². The number of aliphatic hydroxyl groups is 1. The van der Waals surface area contributed by atoms with Gasteiger partial charge in [-0.25, -0.2) is 4.98 Å². The lowest BCUT2D eigenvalue weighted by Gasteiger charge is -2.08. The zero-order chi connectivity index (χ0) is 15.1. The van der Waals surface area contributed by atoms with Crippen LogP contribution < -0.4 is 10.9 Å². The predicted molar refractivity (Wildman–Crippen MR) is 81.4 cm³/mol. The normalized spacial score (nSPS) is 16.7. The van der Waals surface area contributed by atoms with Crippen molar-refractivity contribution in [1.82, 2.24) is 9.97 Å². The van der Waals surface area contributed by atoms with Crippen molar-refractivity contribution in [1.29, 1.82) is 0 Å². The maximum Gasteiger partial charge on any atom is 0.257 e. The van der Waals surface area contributed by atoms with Gasteiger partial charge in [-0.05, 0) is 35.0 Å². The number of amides is 1. The van der Waals surface area contributed by atoms with Gasteiger partial charge in [0, 0.05) is 32.4 Å². The molecular formula is C13H10BrN3O3S. The zero-order valence-corrected chi connectivity index (χ0v) is 13.2. The SMILES string of the molecule is Cc1cc(=O)[nH]c(Sc2cc3c(cc2Br)C(O)C(=O)N3)n1. The Morgan fingerprint density at radius 2 is 2.10 bits per heavy atom. The minimum atomic E-state index is -1.15. The minimum absolute atomic E-state index is 0.217. The van der Waals surface area contributed by atoms with Crippen LogP contribution in [0.3, 0.4) is 0 Å². The zero-order valence-electron chi connectivity index (χ0n) is 10.8. The Kier molecular flexibility index (Phi) is 3.60.